The van der Waals surface area contributed by atoms with Gasteiger partial charge in [0.25, 0.3) is 0 Å². The fourth-order valence-electron chi connectivity index (χ4n) is 3.31. The molecule has 0 atom stereocenters. The number of hydrogen-bond acceptors (Lipinski definition) is 6. The maximum atomic E-state index is 5.45. The van der Waals surface area contributed by atoms with Crippen molar-refractivity contribution in [2.75, 3.05) is 58.8 Å². The Bertz CT molecular complexity index is 884. The van der Waals surface area contributed by atoms with Gasteiger partial charge >= 0.3 is 0 Å². The number of benzene rings is 1. The first kappa shape index (κ1) is 17.2. The minimum Gasteiger partial charge on any atom is -0.379 e. The maximum Gasteiger partial charge on any atom is 0.154 e. The zero-order chi connectivity index (χ0) is 17.9. The van der Waals surface area contributed by atoms with Crippen LogP contribution < -0.4 is 5.32 Å². The van der Waals surface area contributed by atoms with Crippen LogP contribution in [-0.4, -0.2) is 78.2 Å². The summed E-state index contributed by atoms with van der Waals surface area (Å²) in [6.07, 6.45) is 0. The first-order chi connectivity index (χ1) is 12.7. The number of aromatic amines is 1. The van der Waals surface area contributed by atoms with Crippen LogP contribution >= 0.6 is 0 Å². The Kier molecular flexibility index (Phi) is 5.01. The first-order valence-corrected chi connectivity index (χ1v) is 9.17. The Hall–Kier alpha value is -2.22. The first-order valence-electron chi connectivity index (χ1n) is 9.17. The Balaban J connectivity index is 1.70. The molecule has 26 heavy (non-hydrogen) atoms. The molecule has 3 heterocycles. The lowest BCUT2D eigenvalue weighted by atomic mass is 10.2. The van der Waals surface area contributed by atoms with Gasteiger partial charge in [0.1, 0.15) is 16.9 Å². The van der Waals surface area contributed by atoms with Crippen molar-refractivity contribution in [3.05, 3.63) is 30.1 Å². The summed E-state index contributed by atoms with van der Waals surface area (Å²) in [6.45, 7) is 5.96. The summed E-state index contributed by atoms with van der Waals surface area (Å²) in [5, 5.41) is 4.63. The highest BCUT2D eigenvalue weighted by atomic mass is 16.5. The molecule has 7 nitrogen and oxygen atoms in total. The predicted octanol–water partition coefficient (Wildman–Crippen LogP) is 1.92. The van der Waals surface area contributed by atoms with Crippen LogP contribution in [-0.2, 0) is 11.3 Å². The van der Waals surface area contributed by atoms with Gasteiger partial charge < -0.3 is 19.9 Å². The van der Waals surface area contributed by atoms with E-state index in [1.54, 1.807) is 0 Å². The van der Waals surface area contributed by atoms with Crippen LogP contribution in [0.1, 0.15) is 5.82 Å². The van der Waals surface area contributed by atoms with E-state index in [9.17, 15) is 0 Å². The summed E-state index contributed by atoms with van der Waals surface area (Å²) in [5.41, 5.74) is 3.07. The molecule has 3 aromatic rings. The van der Waals surface area contributed by atoms with Gasteiger partial charge in [-0.25, -0.2) is 9.97 Å². The van der Waals surface area contributed by atoms with Crippen LogP contribution in [0.5, 0.6) is 0 Å². The van der Waals surface area contributed by atoms with Crippen molar-refractivity contribution in [2.45, 2.75) is 6.54 Å². The second-order valence-electron chi connectivity index (χ2n) is 7.00. The van der Waals surface area contributed by atoms with Crippen LogP contribution in [0, 0.1) is 0 Å². The third kappa shape index (κ3) is 3.65. The van der Waals surface area contributed by atoms with Crippen molar-refractivity contribution in [1.82, 2.24) is 24.8 Å². The van der Waals surface area contributed by atoms with Gasteiger partial charge in [-0.3, -0.25) is 4.90 Å². The van der Waals surface area contributed by atoms with Crippen molar-refractivity contribution in [3.63, 3.8) is 0 Å². The van der Waals surface area contributed by atoms with Gasteiger partial charge in [-0.2, -0.15) is 0 Å². The molecule has 2 aromatic heterocycles. The second-order valence-corrected chi connectivity index (χ2v) is 7.00. The van der Waals surface area contributed by atoms with Gasteiger partial charge in [-0.1, -0.05) is 18.2 Å². The van der Waals surface area contributed by atoms with Crippen LogP contribution in [0.4, 0.5) is 5.82 Å². The van der Waals surface area contributed by atoms with Crippen molar-refractivity contribution in [1.29, 1.82) is 0 Å². The molecular weight excluding hydrogens is 328 g/mol. The summed E-state index contributed by atoms with van der Waals surface area (Å²) >= 11 is 0. The summed E-state index contributed by atoms with van der Waals surface area (Å²) < 4.78 is 5.45. The Morgan fingerprint density at radius 2 is 2.00 bits per heavy atom. The van der Waals surface area contributed by atoms with Gasteiger partial charge in [-0.15, -0.1) is 0 Å². The second kappa shape index (κ2) is 7.57. The molecule has 1 aliphatic heterocycles. The molecule has 7 heteroatoms. The van der Waals surface area contributed by atoms with Crippen LogP contribution in [0.15, 0.2) is 24.3 Å². The number of aromatic nitrogens is 3. The monoisotopic (exact) mass is 354 g/mol. The van der Waals surface area contributed by atoms with Gasteiger partial charge in [0, 0.05) is 37.1 Å². The lowest BCUT2D eigenvalue weighted by Crippen LogP contribution is -2.36. The van der Waals surface area contributed by atoms with Crippen molar-refractivity contribution in [3.8, 4) is 0 Å². The molecule has 0 amide bonds. The van der Waals surface area contributed by atoms with E-state index < -0.39 is 0 Å². The van der Waals surface area contributed by atoms with Crippen molar-refractivity contribution < 1.29 is 4.74 Å². The molecule has 0 saturated carbocycles. The summed E-state index contributed by atoms with van der Waals surface area (Å²) in [5.74, 6) is 1.74. The maximum absolute atomic E-state index is 5.45. The Labute approximate surface area is 153 Å². The van der Waals surface area contributed by atoms with Gasteiger partial charge in [0.15, 0.2) is 5.82 Å². The number of para-hydroxylation sites is 1. The normalized spacial score (nSPS) is 16.0. The van der Waals surface area contributed by atoms with Gasteiger partial charge in [0.2, 0.25) is 0 Å². The molecular formula is C19H26N6O. The van der Waals surface area contributed by atoms with Crippen molar-refractivity contribution >= 4 is 27.8 Å². The molecule has 138 valence electrons. The van der Waals surface area contributed by atoms with Crippen LogP contribution in [0.2, 0.25) is 0 Å². The molecule has 0 aliphatic carbocycles. The average Bonchev–Trinajstić information content (AvgIpc) is 3.01. The number of fused-ring (bicyclic) bond motifs is 3. The number of ether oxygens (including phenoxy) is 1. The smallest absolute Gasteiger partial charge is 0.154 e. The molecule has 1 aliphatic rings. The topological polar surface area (TPSA) is 69.3 Å². The quantitative estimate of drug-likeness (QED) is 0.705. The molecule has 0 spiro atoms. The summed E-state index contributed by atoms with van der Waals surface area (Å²) in [7, 11) is 4.15. The highest BCUT2D eigenvalue weighted by Gasteiger charge is 2.16. The fourth-order valence-corrected chi connectivity index (χ4v) is 3.31. The number of nitrogens with zero attached hydrogens (tertiary/aromatic N) is 4. The lowest BCUT2D eigenvalue weighted by molar-refractivity contribution is 0.0331. The minimum absolute atomic E-state index is 0.751. The number of likely N-dealkylation sites (N-methyl/N-ethyl adjacent to an activating group) is 1. The SMILES string of the molecule is CN(C)CCNc1nc(CN2CCOCC2)nc2c1[nH]c1ccccc12. The molecule has 2 N–H and O–H groups in total. The van der Waals surface area contributed by atoms with E-state index >= 15 is 0 Å². The molecule has 0 bridgehead atoms. The minimum atomic E-state index is 0.751. The number of hydrogen-bond donors (Lipinski definition) is 2. The van der Waals surface area contributed by atoms with E-state index in [1.165, 1.54) is 0 Å². The number of rotatable bonds is 6. The van der Waals surface area contributed by atoms with Crippen LogP contribution in [0.3, 0.4) is 0 Å². The number of anilines is 1. The van der Waals surface area contributed by atoms with E-state index in [4.69, 9.17) is 14.7 Å². The van der Waals surface area contributed by atoms with E-state index in [1.807, 2.05) is 6.07 Å². The fraction of sp³-hybridized carbons (Fsp3) is 0.474. The third-order valence-electron chi connectivity index (χ3n) is 4.72. The summed E-state index contributed by atoms with van der Waals surface area (Å²) in [4.78, 5) is 17.7. The van der Waals surface area contributed by atoms with E-state index in [0.29, 0.717) is 0 Å². The molecule has 1 aromatic carbocycles. The van der Waals surface area contributed by atoms with E-state index in [0.717, 1.165) is 79.5 Å². The van der Waals surface area contributed by atoms with E-state index in [2.05, 4.69) is 52.4 Å². The van der Waals surface area contributed by atoms with Gasteiger partial charge in [-0.05, 0) is 20.2 Å². The predicted molar refractivity (Wildman–Crippen MR) is 105 cm³/mol. The highest BCUT2D eigenvalue weighted by molar-refractivity contribution is 6.08. The third-order valence-corrected chi connectivity index (χ3v) is 4.72. The number of nitrogens with one attached hydrogen (secondary N) is 2. The Morgan fingerprint density at radius 3 is 2.81 bits per heavy atom. The van der Waals surface area contributed by atoms with E-state index in [-0.39, 0.29) is 0 Å². The molecule has 0 unspecified atom stereocenters. The zero-order valence-electron chi connectivity index (χ0n) is 15.5. The molecule has 0 radical (unpaired) electrons. The lowest BCUT2D eigenvalue weighted by Gasteiger charge is -2.25. The number of morpholine rings is 1. The number of H-pyrrole nitrogens is 1. The Morgan fingerprint density at radius 1 is 1.19 bits per heavy atom. The average molecular weight is 354 g/mol. The standard InChI is InChI=1S/C19H26N6O/c1-24(2)8-7-20-19-18-17(14-5-3-4-6-15(14)21-18)22-16(23-19)13-25-9-11-26-12-10-25/h3-6,21H,7-13H2,1-2H3,(H,20,22,23). The molecule has 4 rings (SSSR count). The highest BCUT2D eigenvalue weighted by Crippen LogP contribution is 2.28. The zero-order valence-corrected chi connectivity index (χ0v) is 15.5. The molecule has 1 fully saturated rings. The van der Waals surface area contributed by atoms with Gasteiger partial charge in [0.05, 0.1) is 19.8 Å². The van der Waals surface area contributed by atoms with Crippen molar-refractivity contribution in [2.24, 2.45) is 0 Å². The summed E-state index contributed by atoms with van der Waals surface area (Å²) in [6, 6.07) is 8.29. The van der Waals surface area contributed by atoms with Crippen LogP contribution in [0.25, 0.3) is 21.9 Å². The molecule has 1 saturated heterocycles. The largest absolute Gasteiger partial charge is 0.379 e.